The van der Waals surface area contributed by atoms with Gasteiger partial charge in [0, 0.05) is 25.7 Å². The normalized spacial score (nSPS) is 14.2. The Hall–Kier alpha value is -1.94. The maximum atomic E-state index is 13.0. The van der Waals surface area contributed by atoms with Crippen LogP contribution in [-0.4, -0.2) is 96.7 Å². The molecule has 5 atom stereocenters. The summed E-state index contributed by atoms with van der Waals surface area (Å²) in [7, 11) is -9.86. The molecular weight excluding hydrogens is 1090 g/mol. The fourth-order valence-electron chi connectivity index (χ4n) is 9.46. The second-order valence-corrected chi connectivity index (χ2v) is 25.7. The number of ether oxygens (including phenoxy) is 4. The number of esters is 4. The summed E-state index contributed by atoms with van der Waals surface area (Å²) in [6, 6.07) is 0. The SMILES string of the molecule is CCCCCCCCCCCCCCCCCCC(=O)OC[C@H](COP(=O)(O)OC[C@@H](O)COP(=O)(O)OC[C@@H](COC(=O)CCCCCCC)OC(=O)CCCCCCC)OC(=O)CCCCCCCCCCCCCCCCCC. The number of hydrogen-bond donors (Lipinski definition) is 3. The number of phosphoric ester groups is 2. The van der Waals surface area contributed by atoms with Crippen LogP contribution in [0.2, 0.25) is 0 Å². The van der Waals surface area contributed by atoms with Crippen molar-refractivity contribution < 1.29 is 80.2 Å². The molecule has 82 heavy (non-hydrogen) atoms. The maximum absolute atomic E-state index is 13.0. The summed E-state index contributed by atoms with van der Waals surface area (Å²) >= 11 is 0. The lowest BCUT2D eigenvalue weighted by molar-refractivity contribution is -0.161. The van der Waals surface area contributed by atoms with E-state index in [-0.39, 0.29) is 25.7 Å². The average molecular weight is 1210 g/mol. The second kappa shape index (κ2) is 58.1. The van der Waals surface area contributed by atoms with E-state index < -0.39 is 97.5 Å². The van der Waals surface area contributed by atoms with Gasteiger partial charge < -0.3 is 33.8 Å². The van der Waals surface area contributed by atoms with Gasteiger partial charge in [-0.1, -0.05) is 272 Å². The topological polar surface area (TPSA) is 237 Å². The molecule has 0 aromatic carbocycles. The van der Waals surface area contributed by atoms with Crippen LogP contribution in [0.15, 0.2) is 0 Å². The van der Waals surface area contributed by atoms with Crippen LogP contribution in [0, 0.1) is 0 Å². The van der Waals surface area contributed by atoms with E-state index >= 15 is 0 Å². The first-order valence-corrected chi connectivity index (χ1v) is 36.3. The fraction of sp³-hybridized carbons (Fsp3) is 0.937. The number of hydrogen-bond acceptors (Lipinski definition) is 15. The number of phosphoric acid groups is 2. The van der Waals surface area contributed by atoms with Crippen LogP contribution in [0.5, 0.6) is 0 Å². The van der Waals surface area contributed by atoms with Gasteiger partial charge in [-0.05, 0) is 25.7 Å². The molecule has 0 saturated heterocycles. The molecule has 0 bridgehead atoms. The van der Waals surface area contributed by atoms with E-state index in [0.29, 0.717) is 25.7 Å². The van der Waals surface area contributed by atoms with Crippen molar-refractivity contribution in [3.63, 3.8) is 0 Å². The quantitative estimate of drug-likeness (QED) is 0.0222. The van der Waals surface area contributed by atoms with Gasteiger partial charge in [-0.25, -0.2) is 9.13 Å². The first kappa shape index (κ1) is 80.1. The minimum Gasteiger partial charge on any atom is -0.462 e. The van der Waals surface area contributed by atoms with E-state index in [4.69, 9.17) is 37.0 Å². The van der Waals surface area contributed by atoms with Gasteiger partial charge in [0.15, 0.2) is 12.2 Å². The van der Waals surface area contributed by atoms with E-state index in [1.165, 1.54) is 148 Å². The molecule has 19 heteroatoms. The summed E-state index contributed by atoms with van der Waals surface area (Å²) in [6.07, 6.45) is 43.9. The van der Waals surface area contributed by atoms with Crippen molar-refractivity contribution >= 4 is 39.5 Å². The van der Waals surface area contributed by atoms with Crippen molar-refractivity contribution in [3.05, 3.63) is 0 Å². The van der Waals surface area contributed by atoms with Gasteiger partial charge in [0.1, 0.15) is 19.3 Å². The molecule has 0 saturated carbocycles. The van der Waals surface area contributed by atoms with Crippen LogP contribution in [0.25, 0.3) is 0 Å². The molecule has 0 amide bonds. The summed E-state index contributed by atoms with van der Waals surface area (Å²) in [5.74, 6) is -2.15. The molecule has 0 rings (SSSR count). The average Bonchev–Trinajstić information content (AvgIpc) is 3.47. The first-order valence-electron chi connectivity index (χ1n) is 33.3. The Labute approximate surface area is 498 Å². The molecule has 0 aliphatic rings. The highest BCUT2D eigenvalue weighted by Gasteiger charge is 2.30. The third-order valence-corrected chi connectivity index (χ3v) is 16.5. The molecule has 0 fully saturated rings. The summed E-state index contributed by atoms with van der Waals surface area (Å²) in [5, 5.41) is 10.5. The van der Waals surface area contributed by atoms with Gasteiger partial charge in [-0.2, -0.15) is 0 Å². The van der Waals surface area contributed by atoms with Crippen molar-refractivity contribution in [3.8, 4) is 0 Å². The van der Waals surface area contributed by atoms with Gasteiger partial charge in [-0.3, -0.25) is 37.3 Å². The van der Waals surface area contributed by atoms with Crippen LogP contribution in [0.4, 0.5) is 0 Å². The Bertz CT molecular complexity index is 1590. The third kappa shape index (κ3) is 57.2. The van der Waals surface area contributed by atoms with Crippen molar-refractivity contribution in [2.45, 2.75) is 341 Å². The molecule has 0 spiro atoms. The van der Waals surface area contributed by atoms with Crippen LogP contribution < -0.4 is 0 Å². The highest BCUT2D eigenvalue weighted by molar-refractivity contribution is 7.47. The van der Waals surface area contributed by atoms with Crippen molar-refractivity contribution in [2.75, 3.05) is 39.6 Å². The number of unbranched alkanes of at least 4 members (excludes halogenated alkanes) is 38. The third-order valence-electron chi connectivity index (χ3n) is 14.6. The summed E-state index contributed by atoms with van der Waals surface area (Å²) < 4.78 is 67.5. The zero-order valence-corrected chi connectivity index (χ0v) is 54.2. The maximum Gasteiger partial charge on any atom is 0.472 e. The molecular formula is C63H122O17P2. The summed E-state index contributed by atoms with van der Waals surface area (Å²) in [6.45, 7) is 4.71. The van der Waals surface area contributed by atoms with Crippen molar-refractivity contribution in [2.24, 2.45) is 0 Å². The second-order valence-electron chi connectivity index (χ2n) is 22.8. The van der Waals surface area contributed by atoms with Gasteiger partial charge in [-0.15, -0.1) is 0 Å². The van der Waals surface area contributed by atoms with Crippen LogP contribution in [0.1, 0.15) is 323 Å². The molecule has 486 valence electrons. The summed E-state index contributed by atoms with van der Waals surface area (Å²) in [4.78, 5) is 71.7. The zero-order chi connectivity index (χ0) is 60.5. The molecule has 0 aromatic heterocycles. The monoisotopic (exact) mass is 1210 g/mol. The predicted molar refractivity (Wildman–Crippen MR) is 326 cm³/mol. The Balaban J connectivity index is 5.09. The number of carbonyl (C=O) groups excluding carboxylic acids is 4. The van der Waals surface area contributed by atoms with Gasteiger partial charge in [0.25, 0.3) is 0 Å². The molecule has 2 unspecified atom stereocenters. The van der Waals surface area contributed by atoms with Gasteiger partial charge in [0.05, 0.1) is 26.4 Å². The van der Waals surface area contributed by atoms with Gasteiger partial charge >= 0.3 is 39.5 Å². The van der Waals surface area contributed by atoms with Crippen molar-refractivity contribution in [1.29, 1.82) is 0 Å². The molecule has 17 nitrogen and oxygen atoms in total. The lowest BCUT2D eigenvalue weighted by Gasteiger charge is -2.21. The standard InChI is InChI=1S/C63H122O17P2/c1-5-9-13-17-19-21-23-25-27-29-31-33-35-37-41-44-48-61(66)74-54-59(80-63(68)50-46-42-38-36-34-32-30-28-26-24-22-20-18-14-10-6-2)56-78-82(71,72)76-52-57(64)51-75-81(69,70)77-55-58(79-62(67)49-45-40-16-12-8-4)53-73-60(65)47-43-39-15-11-7-3/h57-59,64H,5-56H2,1-4H3,(H,69,70)(H,71,72)/t57-,58+,59+/m0/s1. The van der Waals surface area contributed by atoms with E-state index in [1.54, 1.807) is 0 Å². The molecule has 0 aromatic rings. The molecule has 0 radical (unpaired) electrons. The molecule has 3 N–H and O–H groups in total. The Morgan fingerprint density at radius 2 is 0.488 bits per heavy atom. The highest BCUT2D eigenvalue weighted by Crippen LogP contribution is 2.45. The van der Waals surface area contributed by atoms with Gasteiger partial charge in [0.2, 0.25) is 0 Å². The predicted octanol–water partition coefficient (Wildman–Crippen LogP) is 17.5. The zero-order valence-electron chi connectivity index (χ0n) is 52.5. The van der Waals surface area contributed by atoms with E-state index in [9.17, 15) is 43.2 Å². The van der Waals surface area contributed by atoms with E-state index in [2.05, 4.69) is 27.7 Å². The number of aliphatic hydroxyl groups is 1. The fourth-order valence-corrected chi connectivity index (χ4v) is 11.0. The highest BCUT2D eigenvalue weighted by atomic mass is 31.2. The molecule has 0 aliphatic carbocycles. The Kier molecular flexibility index (Phi) is 56.7. The lowest BCUT2D eigenvalue weighted by Crippen LogP contribution is -2.30. The Morgan fingerprint density at radius 3 is 0.720 bits per heavy atom. The summed E-state index contributed by atoms with van der Waals surface area (Å²) in [5.41, 5.74) is 0. The molecule has 0 heterocycles. The Morgan fingerprint density at radius 1 is 0.293 bits per heavy atom. The largest absolute Gasteiger partial charge is 0.472 e. The first-order chi connectivity index (χ1) is 39.7. The molecule has 0 aliphatic heterocycles. The van der Waals surface area contributed by atoms with Crippen molar-refractivity contribution in [1.82, 2.24) is 0 Å². The lowest BCUT2D eigenvalue weighted by atomic mass is 10.0. The number of carbonyl (C=O) groups is 4. The van der Waals surface area contributed by atoms with Crippen LogP contribution >= 0.6 is 15.6 Å². The van der Waals surface area contributed by atoms with Crippen LogP contribution in [0.3, 0.4) is 0 Å². The minimum atomic E-state index is -4.94. The van der Waals surface area contributed by atoms with Crippen LogP contribution in [-0.2, 0) is 65.4 Å². The van der Waals surface area contributed by atoms with E-state index in [1.807, 2.05) is 0 Å². The number of rotatable bonds is 64. The minimum absolute atomic E-state index is 0.0992. The van der Waals surface area contributed by atoms with E-state index in [0.717, 1.165) is 96.3 Å². The number of aliphatic hydroxyl groups excluding tert-OH is 1. The smallest absolute Gasteiger partial charge is 0.462 e.